The van der Waals surface area contributed by atoms with Crippen LogP contribution in [0.4, 0.5) is 0 Å². The molecule has 11 heavy (non-hydrogen) atoms. The van der Waals surface area contributed by atoms with Crippen molar-refractivity contribution in [3.8, 4) is 0 Å². The molecule has 0 aliphatic rings. The summed E-state index contributed by atoms with van der Waals surface area (Å²) < 4.78 is 0. The monoisotopic (exact) mass is 284 g/mol. The molecule has 0 spiro atoms. The molecule has 0 aliphatic carbocycles. The van der Waals surface area contributed by atoms with Crippen LogP contribution in [0.25, 0.3) is 0 Å². The standard InChI is InChI=1S/C4H6O5.Cs.H2O/c5-2(4(8)9)1-3(6)7;;/h2,5H,1H2,(H,6,7)(H,8,9);;1H2/q;+1;/p-1/t2-;;/m0../s1. The summed E-state index contributed by atoms with van der Waals surface area (Å²) in [5, 5.41) is 25.7. The number of hydrogen-bond donors (Lipinski definition) is 2. The minimum atomic E-state index is -1.85. The molecule has 0 bridgehead atoms. The normalized spacial score (nSPS) is 10.3. The predicted octanol–water partition coefficient (Wildman–Crippen LogP) is -6.25. The first-order valence-corrected chi connectivity index (χ1v) is 2.14. The van der Waals surface area contributed by atoms with Gasteiger partial charge in [0, 0.05) is 12.4 Å². The van der Waals surface area contributed by atoms with Crippen LogP contribution in [0.3, 0.4) is 0 Å². The largest absolute Gasteiger partial charge is 1.00 e. The minimum Gasteiger partial charge on any atom is -0.550 e. The van der Waals surface area contributed by atoms with Gasteiger partial charge in [-0.05, 0) is 0 Å². The average Bonchev–Trinajstić information content (AvgIpc) is 1.63. The van der Waals surface area contributed by atoms with E-state index in [0.717, 1.165) is 0 Å². The third kappa shape index (κ3) is 10.9. The summed E-state index contributed by atoms with van der Waals surface area (Å²) in [5.74, 6) is -3.14. The number of aliphatic carboxylic acids is 2. The molecule has 0 heterocycles. The van der Waals surface area contributed by atoms with Crippen molar-refractivity contribution in [1.82, 2.24) is 0 Å². The molecule has 1 atom stereocenters. The van der Waals surface area contributed by atoms with E-state index in [1.54, 1.807) is 0 Å². The van der Waals surface area contributed by atoms with E-state index in [1.807, 2.05) is 0 Å². The van der Waals surface area contributed by atoms with E-state index in [0.29, 0.717) is 0 Å². The van der Waals surface area contributed by atoms with Crippen molar-refractivity contribution in [3.05, 3.63) is 0 Å². The molecule has 0 aromatic heterocycles. The van der Waals surface area contributed by atoms with E-state index < -0.39 is 24.5 Å². The van der Waals surface area contributed by atoms with Gasteiger partial charge in [0.15, 0.2) is 6.10 Å². The minimum absolute atomic E-state index is 0. The maximum Gasteiger partial charge on any atom is 1.00 e. The molecule has 0 aliphatic heterocycles. The van der Waals surface area contributed by atoms with Gasteiger partial charge < -0.3 is 25.6 Å². The summed E-state index contributed by atoms with van der Waals surface area (Å²) in [6, 6.07) is 0. The molecule has 60 valence electrons. The molecule has 7 heteroatoms. The van der Waals surface area contributed by atoms with Gasteiger partial charge in [-0.3, -0.25) is 0 Å². The van der Waals surface area contributed by atoms with Crippen LogP contribution in [-0.4, -0.2) is 33.7 Å². The number of carboxylic acid groups (broad SMARTS) is 2. The van der Waals surface area contributed by atoms with E-state index in [-0.39, 0.29) is 74.4 Å². The molecule has 0 saturated heterocycles. The molecule has 0 amide bonds. The van der Waals surface area contributed by atoms with Crippen molar-refractivity contribution in [2.24, 2.45) is 0 Å². The zero-order chi connectivity index (χ0) is 7.44. The summed E-state index contributed by atoms with van der Waals surface area (Å²) in [4.78, 5) is 19.3. The quantitative estimate of drug-likeness (QED) is 0.532. The fourth-order valence-corrected chi connectivity index (χ4v) is 0.245. The molecular formula is C4H7CsO6. The Bertz CT molecular complexity index is 135. The van der Waals surface area contributed by atoms with Gasteiger partial charge in [0.2, 0.25) is 0 Å². The first kappa shape index (κ1) is 17.9. The van der Waals surface area contributed by atoms with Crippen LogP contribution in [-0.2, 0) is 9.59 Å². The number of aliphatic hydroxyl groups excluding tert-OH is 1. The van der Waals surface area contributed by atoms with Gasteiger partial charge in [0.1, 0.15) is 0 Å². The number of carbonyl (C=O) groups is 2. The summed E-state index contributed by atoms with van der Waals surface area (Å²) >= 11 is 0. The van der Waals surface area contributed by atoms with Gasteiger partial charge in [-0.25, -0.2) is 4.79 Å². The van der Waals surface area contributed by atoms with E-state index in [4.69, 9.17) is 10.2 Å². The molecule has 0 saturated carbocycles. The summed E-state index contributed by atoms with van der Waals surface area (Å²) in [7, 11) is 0. The Morgan fingerprint density at radius 1 is 1.45 bits per heavy atom. The molecule has 0 unspecified atom stereocenters. The zero-order valence-electron chi connectivity index (χ0n) is 5.90. The first-order chi connectivity index (χ1) is 4.04. The maximum atomic E-state index is 9.69. The zero-order valence-corrected chi connectivity index (χ0v) is 12.2. The molecule has 0 rings (SSSR count). The van der Waals surface area contributed by atoms with Gasteiger partial charge >= 0.3 is 74.9 Å². The number of rotatable bonds is 3. The third-order valence-electron chi connectivity index (χ3n) is 0.645. The van der Waals surface area contributed by atoms with Gasteiger partial charge in [0.25, 0.3) is 0 Å². The Kier molecular flexibility index (Phi) is 14.6. The van der Waals surface area contributed by atoms with Crippen LogP contribution in [0, 0.1) is 0 Å². The molecule has 0 radical (unpaired) electrons. The van der Waals surface area contributed by atoms with Gasteiger partial charge in [0.05, 0.1) is 0 Å². The second-order valence-electron chi connectivity index (χ2n) is 1.43. The second-order valence-corrected chi connectivity index (χ2v) is 1.43. The van der Waals surface area contributed by atoms with Crippen LogP contribution >= 0.6 is 0 Å². The SMILES string of the molecule is O.O=C([O-])C[C@H](O)C(=O)O.[Cs+]. The molecule has 0 aromatic rings. The van der Waals surface area contributed by atoms with Crippen molar-refractivity contribution in [3.63, 3.8) is 0 Å². The fraction of sp³-hybridized carbons (Fsp3) is 0.500. The number of aliphatic hydroxyl groups is 1. The Morgan fingerprint density at radius 3 is 1.91 bits per heavy atom. The topological polar surface area (TPSA) is 129 Å². The van der Waals surface area contributed by atoms with Crippen LogP contribution in [0.15, 0.2) is 0 Å². The summed E-state index contributed by atoms with van der Waals surface area (Å²) in [6.07, 6.45) is -2.72. The Morgan fingerprint density at radius 2 is 1.82 bits per heavy atom. The van der Waals surface area contributed by atoms with Crippen molar-refractivity contribution in [1.29, 1.82) is 0 Å². The Hall–Kier alpha value is 0.912. The number of carboxylic acids is 2. The van der Waals surface area contributed by atoms with Crippen molar-refractivity contribution in [2.45, 2.75) is 12.5 Å². The molecule has 0 fully saturated rings. The maximum absolute atomic E-state index is 9.69. The van der Waals surface area contributed by atoms with Gasteiger partial charge in [-0.1, -0.05) is 0 Å². The number of carbonyl (C=O) groups excluding carboxylic acids is 1. The molecule has 4 N–H and O–H groups in total. The van der Waals surface area contributed by atoms with E-state index in [9.17, 15) is 14.7 Å². The Labute approximate surface area is 121 Å². The van der Waals surface area contributed by atoms with Crippen LogP contribution in [0.5, 0.6) is 0 Å². The van der Waals surface area contributed by atoms with Crippen LogP contribution < -0.4 is 74.0 Å². The van der Waals surface area contributed by atoms with Crippen LogP contribution in [0.1, 0.15) is 6.42 Å². The third-order valence-corrected chi connectivity index (χ3v) is 0.645. The number of hydrogen-bond acceptors (Lipinski definition) is 4. The van der Waals surface area contributed by atoms with Crippen molar-refractivity contribution >= 4 is 11.9 Å². The van der Waals surface area contributed by atoms with Crippen LogP contribution in [0.2, 0.25) is 0 Å². The average molecular weight is 284 g/mol. The summed E-state index contributed by atoms with van der Waals surface area (Å²) in [5.41, 5.74) is 0. The van der Waals surface area contributed by atoms with E-state index in [2.05, 4.69) is 0 Å². The van der Waals surface area contributed by atoms with Crippen molar-refractivity contribution in [2.75, 3.05) is 0 Å². The molecule has 6 nitrogen and oxygen atoms in total. The fourth-order valence-electron chi connectivity index (χ4n) is 0.245. The summed E-state index contributed by atoms with van der Waals surface area (Å²) in [6.45, 7) is 0. The predicted molar refractivity (Wildman–Crippen MR) is 26.9 cm³/mol. The van der Waals surface area contributed by atoms with Gasteiger partial charge in [-0.2, -0.15) is 0 Å². The smallest absolute Gasteiger partial charge is 0.550 e. The first-order valence-electron chi connectivity index (χ1n) is 2.14. The van der Waals surface area contributed by atoms with E-state index >= 15 is 0 Å². The molecular weight excluding hydrogens is 277 g/mol. The second kappa shape index (κ2) is 9.00. The molecule has 0 aromatic carbocycles. The van der Waals surface area contributed by atoms with Crippen molar-refractivity contribution < 1.29 is 99.3 Å². The van der Waals surface area contributed by atoms with Gasteiger partial charge in [-0.15, -0.1) is 0 Å². The van der Waals surface area contributed by atoms with E-state index in [1.165, 1.54) is 0 Å². The Balaban J connectivity index is -0.000000320.